The number of ether oxygens (including phenoxy) is 1. The zero-order chi connectivity index (χ0) is 14.0. The van der Waals surface area contributed by atoms with E-state index in [0.717, 1.165) is 19.3 Å². The molecule has 1 unspecified atom stereocenters. The van der Waals surface area contributed by atoms with Crippen LogP contribution in [0.2, 0.25) is 0 Å². The number of carbonyl (C=O) groups excluding carboxylic acids is 3. The van der Waals surface area contributed by atoms with Gasteiger partial charge in [-0.05, 0) is 33.1 Å². The maximum absolute atomic E-state index is 12.3. The van der Waals surface area contributed by atoms with Crippen LogP contribution >= 0.6 is 0 Å². The smallest absolute Gasteiger partial charge is 0.252 e. The van der Waals surface area contributed by atoms with E-state index in [-0.39, 0.29) is 25.0 Å². The van der Waals surface area contributed by atoms with Crippen LogP contribution in [-0.4, -0.2) is 47.4 Å². The maximum atomic E-state index is 12.3. The van der Waals surface area contributed by atoms with Gasteiger partial charge in [0.2, 0.25) is 11.8 Å². The second-order valence-corrected chi connectivity index (χ2v) is 5.61. The van der Waals surface area contributed by atoms with Crippen LogP contribution in [0.5, 0.6) is 0 Å². The Labute approximate surface area is 112 Å². The highest BCUT2D eigenvalue weighted by Gasteiger charge is 2.43. The van der Waals surface area contributed by atoms with Crippen LogP contribution in [0.3, 0.4) is 0 Å². The Morgan fingerprint density at radius 1 is 1.42 bits per heavy atom. The van der Waals surface area contributed by atoms with E-state index in [1.165, 1.54) is 4.90 Å². The third-order valence-electron chi connectivity index (χ3n) is 3.76. The van der Waals surface area contributed by atoms with E-state index < -0.39 is 17.4 Å². The lowest BCUT2D eigenvalue weighted by Gasteiger charge is -2.40. The molecule has 2 fully saturated rings. The van der Waals surface area contributed by atoms with E-state index in [0.29, 0.717) is 6.61 Å². The second-order valence-electron chi connectivity index (χ2n) is 5.61. The summed E-state index contributed by atoms with van der Waals surface area (Å²) in [6, 6.07) is 0. The predicted octanol–water partition coefficient (Wildman–Crippen LogP) is 0.209. The third kappa shape index (κ3) is 2.94. The highest BCUT2D eigenvalue weighted by atomic mass is 16.5. The SMILES string of the molecule is CC1(C)C(=O)NC(=O)CN1C(=O)CC1CCCCO1. The maximum Gasteiger partial charge on any atom is 0.252 e. The Kier molecular flexibility index (Phi) is 3.89. The molecule has 2 saturated heterocycles. The van der Waals surface area contributed by atoms with Crippen molar-refractivity contribution in [2.75, 3.05) is 13.2 Å². The van der Waals surface area contributed by atoms with Crippen LogP contribution in [0, 0.1) is 0 Å². The molecule has 2 aliphatic heterocycles. The van der Waals surface area contributed by atoms with Crippen molar-refractivity contribution in [3.05, 3.63) is 0 Å². The van der Waals surface area contributed by atoms with Gasteiger partial charge in [-0.3, -0.25) is 19.7 Å². The van der Waals surface area contributed by atoms with Gasteiger partial charge in [0.1, 0.15) is 12.1 Å². The van der Waals surface area contributed by atoms with Gasteiger partial charge in [-0.1, -0.05) is 0 Å². The number of amides is 3. The van der Waals surface area contributed by atoms with Crippen molar-refractivity contribution in [1.82, 2.24) is 10.2 Å². The molecule has 0 aromatic carbocycles. The molecule has 0 spiro atoms. The molecule has 0 aromatic heterocycles. The molecule has 0 aromatic rings. The number of nitrogens with zero attached hydrogens (tertiary/aromatic N) is 1. The molecule has 0 saturated carbocycles. The zero-order valence-corrected chi connectivity index (χ0v) is 11.4. The van der Waals surface area contributed by atoms with Crippen LogP contribution < -0.4 is 5.32 Å². The molecule has 19 heavy (non-hydrogen) atoms. The number of rotatable bonds is 2. The number of hydrogen-bond acceptors (Lipinski definition) is 4. The molecule has 0 bridgehead atoms. The van der Waals surface area contributed by atoms with E-state index in [4.69, 9.17) is 4.74 Å². The normalized spacial score (nSPS) is 27.1. The van der Waals surface area contributed by atoms with E-state index in [1.54, 1.807) is 13.8 Å². The molecule has 0 aliphatic carbocycles. The van der Waals surface area contributed by atoms with E-state index >= 15 is 0 Å². The van der Waals surface area contributed by atoms with Crippen LogP contribution in [0.4, 0.5) is 0 Å². The van der Waals surface area contributed by atoms with E-state index in [2.05, 4.69) is 5.32 Å². The van der Waals surface area contributed by atoms with Gasteiger partial charge in [-0.15, -0.1) is 0 Å². The number of imide groups is 1. The minimum absolute atomic E-state index is 0.0652. The van der Waals surface area contributed by atoms with Gasteiger partial charge in [0.15, 0.2) is 0 Å². The molecule has 2 heterocycles. The first-order valence-corrected chi connectivity index (χ1v) is 6.67. The lowest BCUT2D eigenvalue weighted by atomic mass is 9.97. The molecule has 106 valence electrons. The summed E-state index contributed by atoms with van der Waals surface area (Å²) in [6.45, 7) is 3.91. The molecule has 3 amide bonds. The summed E-state index contributed by atoms with van der Waals surface area (Å²) >= 11 is 0. The van der Waals surface area contributed by atoms with Gasteiger partial charge in [0, 0.05) is 6.61 Å². The molecule has 2 aliphatic rings. The summed E-state index contributed by atoms with van der Waals surface area (Å²) < 4.78 is 5.53. The van der Waals surface area contributed by atoms with Crippen molar-refractivity contribution < 1.29 is 19.1 Å². The predicted molar refractivity (Wildman–Crippen MR) is 67.1 cm³/mol. The number of nitrogens with one attached hydrogen (secondary N) is 1. The Balaban J connectivity index is 2.03. The lowest BCUT2D eigenvalue weighted by molar-refractivity contribution is -0.157. The molecular formula is C13H20N2O4. The fourth-order valence-corrected chi connectivity index (χ4v) is 2.46. The minimum Gasteiger partial charge on any atom is -0.378 e. The monoisotopic (exact) mass is 268 g/mol. The van der Waals surface area contributed by atoms with Gasteiger partial charge in [-0.25, -0.2) is 0 Å². The summed E-state index contributed by atoms with van der Waals surface area (Å²) in [5, 5.41) is 2.26. The molecule has 2 rings (SSSR count). The second kappa shape index (κ2) is 5.28. The molecule has 6 nitrogen and oxygen atoms in total. The Bertz CT molecular complexity index is 399. The van der Waals surface area contributed by atoms with Crippen molar-refractivity contribution in [3.8, 4) is 0 Å². The number of hydrogen-bond donors (Lipinski definition) is 1. The first-order chi connectivity index (χ1) is 8.91. The van der Waals surface area contributed by atoms with Crippen LogP contribution in [-0.2, 0) is 19.1 Å². The highest BCUT2D eigenvalue weighted by molar-refractivity contribution is 6.06. The summed E-state index contributed by atoms with van der Waals surface area (Å²) in [6.07, 6.45) is 3.10. The van der Waals surface area contributed by atoms with Gasteiger partial charge in [0.25, 0.3) is 5.91 Å². The zero-order valence-electron chi connectivity index (χ0n) is 11.4. The molecule has 1 atom stereocenters. The highest BCUT2D eigenvalue weighted by Crippen LogP contribution is 2.22. The minimum atomic E-state index is -0.986. The summed E-state index contributed by atoms with van der Waals surface area (Å²) in [5.41, 5.74) is -0.986. The van der Waals surface area contributed by atoms with Crippen LogP contribution in [0.25, 0.3) is 0 Å². The third-order valence-corrected chi connectivity index (χ3v) is 3.76. The van der Waals surface area contributed by atoms with Crippen molar-refractivity contribution in [2.45, 2.75) is 51.2 Å². The van der Waals surface area contributed by atoms with E-state index in [9.17, 15) is 14.4 Å². The Morgan fingerprint density at radius 3 is 2.79 bits per heavy atom. The lowest BCUT2D eigenvalue weighted by Crippen LogP contribution is -2.65. The van der Waals surface area contributed by atoms with E-state index in [1.807, 2.05) is 0 Å². The fourth-order valence-electron chi connectivity index (χ4n) is 2.46. The average molecular weight is 268 g/mol. The summed E-state index contributed by atoms with van der Waals surface area (Å²) in [4.78, 5) is 36.8. The fraction of sp³-hybridized carbons (Fsp3) is 0.769. The van der Waals surface area contributed by atoms with Gasteiger partial charge < -0.3 is 9.64 Å². The largest absolute Gasteiger partial charge is 0.378 e. The van der Waals surface area contributed by atoms with Crippen molar-refractivity contribution in [3.63, 3.8) is 0 Å². The van der Waals surface area contributed by atoms with Crippen LogP contribution in [0.1, 0.15) is 39.5 Å². The topological polar surface area (TPSA) is 75.7 Å². The Hall–Kier alpha value is -1.43. The van der Waals surface area contributed by atoms with Crippen molar-refractivity contribution >= 4 is 17.7 Å². The van der Waals surface area contributed by atoms with Gasteiger partial charge >= 0.3 is 0 Å². The molecule has 6 heteroatoms. The number of piperazine rings is 1. The quantitative estimate of drug-likeness (QED) is 0.726. The standard InChI is InChI=1S/C13H20N2O4/c1-13(2)12(18)14-10(16)8-15(13)11(17)7-9-5-3-4-6-19-9/h9H,3-8H2,1-2H3,(H,14,16,18). The molecule has 0 radical (unpaired) electrons. The Morgan fingerprint density at radius 2 is 2.16 bits per heavy atom. The van der Waals surface area contributed by atoms with Gasteiger partial charge in [-0.2, -0.15) is 0 Å². The first kappa shape index (κ1) is 14.0. The number of carbonyl (C=O) groups is 3. The van der Waals surface area contributed by atoms with Crippen molar-refractivity contribution in [2.24, 2.45) is 0 Å². The first-order valence-electron chi connectivity index (χ1n) is 6.67. The van der Waals surface area contributed by atoms with Crippen molar-refractivity contribution in [1.29, 1.82) is 0 Å². The van der Waals surface area contributed by atoms with Gasteiger partial charge in [0.05, 0.1) is 12.5 Å². The summed E-state index contributed by atoms with van der Waals surface area (Å²) in [5.74, 6) is -1.05. The summed E-state index contributed by atoms with van der Waals surface area (Å²) in [7, 11) is 0. The average Bonchev–Trinajstić information content (AvgIpc) is 2.35. The van der Waals surface area contributed by atoms with Crippen LogP contribution in [0.15, 0.2) is 0 Å². The molecule has 1 N–H and O–H groups in total. The molecular weight excluding hydrogens is 248 g/mol.